The fraction of sp³-hybridized carbons (Fsp3) is 0.522. The number of carbonyl (C=O) groups is 2. The summed E-state index contributed by atoms with van der Waals surface area (Å²) in [6.45, 7) is 18.4. The molecule has 0 atom stereocenters. The molecular weight excluding hydrogens is 673 g/mol. The first-order chi connectivity index (χ1) is 26.1. The van der Waals surface area contributed by atoms with Crippen LogP contribution in [0.15, 0.2) is 0 Å². The molecular formula is C46H64N4O4. The molecule has 0 aromatic carbocycles. The number of carbonyl (C=O) groups excluding carboxylic acids is 2. The van der Waals surface area contributed by atoms with E-state index in [-0.39, 0.29) is 11.9 Å². The van der Waals surface area contributed by atoms with Gasteiger partial charge in [0, 0.05) is 57.0 Å². The van der Waals surface area contributed by atoms with E-state index in [9.17, 15) is 9.59 Å². The van der Waals surface area contributed by atoms with Crippen molar-refractivity contribution >= 4 is 36.2 Å². The third kappa shape index (κ3) is 9.60. The Morgan fingerprint density at radius 1 is 0.463 bits per heavy atom. The van der Waals surface area contributed by atoms with Gasteiger partial charge in [-0.1, -0.05) is 66.2 Å². The normalized spacial score (nSPS) is 12.1. The van der Waals surface area contributed by atoms with Crippen LogP contribution in [0.1, 0.15) is 159 Å². The summed E-state index contributed by atoms with van der Waals surface area (Å²) in [5, 5.41) is 4.14. The Hall–Kier alpha value is -4.46. The molecule has 1 aliphatic rings. The molecule has 4 aromatic rings. The summed E-state index contributed by atoms with van der Waals surface area (Å²) in [7, 11) is 0. The SMILES string of the molecule is CCCCCCOC(=O)CCc1c2[nH]c(c1C)C=c1[nH]c(c(C)c1CC)=Cc1[nH]c(c(C)c1CC)C=c1[nH]c(c(CCC(=O)OCCCCCC)c1C)=C2. The first-order valence-electron chi connectivity index (χ1n) is 20.7. The van der Waals surface area contributed by atoms with Crippen molar-refractivity contribution in [2.24, 2.45) is 0 Å². The van der Waals surface area contributed by atoms with Crippen molar-refractivity contribution in [1.29, 1.82) is 0 Å². The van der Waals surface area contributed by atoms with E-state index in [1.807, 2.05) is 0 Å². The number of esters is 2. The fourth-order valence-electron chi connectivity index (χ4n) is 7.95. The van der Waals surface area contributed by atoms with Gasteiger partial charge < -0.3 is 29.4 Å². The number of aromatic amines is 4. The topological polar surface area (TPSA) is 116 Å². The first kappa shape index (κ1) is 40.7. The Balaban J connectivity index is 1.64. The molecule has 5 heterocycles. The van der Waals surface area contributed by atoms with Crippen LogP contribution in [0.2, 0.25) is 0 Å². The zero-order chi connectivity index (χ0) is 38.8. The van der Waals surface area contributed by atoms with Gasteiger partial charge in [-0.15, -0.1) is 0 Å². The van der Waals surface area contributed by atoms with Crippen LogP contribution in [-0.2, 0) is 44.7 Å². The second-order valence-electron chi connectivity index (χ2n) is 15.1. The number of hydrogen-bond acceptors (Lipinski definition) is 4. The quantitative estimate of drug-likeness (QED) is 0.0568. The van der Waals surface area contributed by atoms with Gasteiger partial charge in [0.1, 0.15) is 0 Å². The van der Waals surface area contributed by atoms with Gasteiger partial charge in [-0.3, -0.25) is 9.59 Å². The highest BCUT2D eigenvalue weighted by molar-refractivity contribution is 5.72. The second-order valence-corrected chi connectivity index (χ2v) is 15.1. The zero-order valence-electron chi connectivity index (χ0n) is 34.3. The number of hydrogen-bond donors (Lipinski definition) is 4. The predicted octanol–water partition coefficient (Wildman–Crippen LogP) is 7.10. The molecule has 1 aliphatic heterocycles. The highest BCUT2D eigenvalue weighted by atomic mass is 16.5. The standard InChI is InChI=1S/C46H64N4O4/c1-9-13-15-17-23-53-45(51)21-19-35-31(7)38-25-37-29(5)33(11-3)41(47-37)26-39-30(6)34(12-4)42(48-39)27-40-32(8)36(44(50-40)28-43(35)49-38)20-22-46(52)54-24-18-16-14-10-2/h25-28,47-50H,9-24H2,1-8H3. The number of H-pyrrole nitrogens is 4. The number of rotatable bonds is 18. The predicted molar refractivity (Wildman–Crippen MR) is 220 cm³/mol. The summed E-state index contributed by atoms with van der Waals surface area (Å²) in [5.74, 6) is -0.326. The lowest BCUT2D eigenvalue weighted by molar-refractivity contribution is -0.144. The van der Waals surface area contributed by atoms with Crippen LogP contribution in [0, 0.1) is 27.7 Å². The van der Waals surface area contributed by atoms with Gasteiger partial charge in [-0.05, 0) is 135 Å². The Labute approximate surface area is 321 Å². The first-order valence-corrected chi connectivity index (χ1v) is 20.7. The van der Waals surface area contributed by atoms with Crippen LogP contribution < -0.4 is 21.4 Å². The van der Waals surface area contributed by atoms with Crippen molar-refractivity contribution in [2.45, 2.75) is 145 Å². The number of aromatic nitrogens is 4. The minimum Gasteiger partial charge on any atom is -0.466 e. The van der Waals surface area contributed by atoms with E-state index < -0.39 is 0 Å². The van der Waals surface area contributed by atoms with E-state index in [4.69, 9.17) is 9.47 Å². The van der Waals surface area contributed by atoms with E-state index in [0.29, 0.717) is 38.9 Å². The summed E-state index contributed by atoms with van der Waals surface area (Å²) < 4.78 is 11.3. The highest BCUT2D eigenvalue weighted by Gasteiger charge is 2.18. The van der Waals surface area contributed by atoms with Crippen molar-refractivity contribution < 1.29 is 19.1 Å². The van der Waals surface area contributed by atoms with Crippen LogP contribution in [-0.4, -0.2) is 45.1 Å². The molecule has 54 heavy (non-hydrogen) atoms. The molecule has 0 spiro atoms. The van der Waals surface area contributed by atoms with Gasteiger partial charge in [0.25, 0.3) is 0 Å². The average Bonchev–Trinajstić information content (AvgIpc) is 3.82. The lowest BCUT2D eigenvalue weighted by atomic mass is 10.0. The molecule has 8 bridgehead atoms. The van der Waals surface area contributed by atoms with Crippen LogP contribution in [0.4, 0.5) is 0 Å². The lowest BCUT2D eigenvalue weighted by Crippen LogP contribution is -2.15. The largest absolute Gasteiger partial charge is 0.466 e. The third-order valence-corrected chi connectivity index (χ3v) is 11.3. The van der Waals surface area contributed by atoms with E-state index in [1.54, 1.807) is 0 Å². The Morgan fingerprint density at radius 3 is 1.43 bits per heavy atom. The summed E-state index contributed by atoms with van der Waals surface area (Å²) in [6.07, 6.45) is 21.0. The summed E-state index contributed by atoms with van der Waals surface area (Å²) in [5.41, 5.74) is 13.6. The van der Waals surface area contributed by atoms with Crippen molar-refractivity contribution in [2.75, 3.05) is 13.2 Å². The van der Waals surface area contributed by atoms with Crippen LogP contribution >= 0.6 is 0 Å². The maximum atomic E-state index is 12.9. The highest BCUT2D eigenvalue weighted by Crippen LogP contribution is 2.24. The third-order valence-electron chi connectivity index (χ3n) is 11.3. The molecule has 0 aliphatic carbocycles. The number of ether oxygens (including phenoxy) is 2. The van der Waals surface area contributed by atoms with Crippen LogP contribution in [0.5, 0.6) is 0 Å². The van der Waals surface area contributed by atoms with Gasteiger partial charge >= 0.3 is 11.9 Å². The molecule has 4 N–H and O–H groups in total. The van der Waals surface area contributed by atoms with E-state index in [0.717, 1.165) is 131 Å². The average molecular weight is 737 g/mol. The second kappa shape index (κ2) is 19.2. The summed E-state index contributed by atoms with van der Waals surface area (Å²) >= 11 is 0. The molecule has 0 saturated heterocycles. The number of fused-ring (bicyclic) bond motifs is 8. The Kier molecular flexibility index (Phi) is 14.5. The van der Waals surface area contributed by atoms with Gasteiger partial charge in [0.15, 0.2) is 0 Å². The maximum Gasteiger partial charge on any atom is 0.306 e. The van der Waals surface area contributed by atoms with Crippen molar-refractivity contribution in [1.82, 2.24) is 19.9 Å². The molecule has 0 radical (unpaired) electrons. The Bertz CT molecular complexity index is 2170. The lowest BCUT2D eigenvalue weighted by Gasteiger charge is -2.06. The van der Waals surface area contributed by atoms with Gasteiger partial charge in [0.05, 0.1) is 13.2 Å². The molecule has 4 aromatic heterocycles. The molecule has 0 fully saturated rings. The minimum atomic E-state index is -0.163. The fourth-order valence-corrected chi connectivity index (χ4v) is 7.95. The molecule has 5 rings (SSSR count). The Morgan fingerprint density at radius 2 is 0.889 bits per heavy atom. The molecule has 8 nitrogen and oxygen atoms in total. The van der Waals surface area contributed by atoms with Gasteiger partial charge in [-0.25, -0.2) is 0 Å². The minimum absolute atomic E-state index is 0.163. The van der Waals surface area contributed by atoms with Crippen molar-refractivity contribution in [3.05, 3.63) is 88.7 Å². The van der Waals surface area contributed by atoms with Gasteiger partial charge in [-0.2, -0.15) is 0 Å². The molecule has 292 valence electrons. The number of unbranched alkanes of at least 4 members (excludes halogenated alkanes) is 6. The summed E-state index contributed by atoms with van der Waals surface area (Å²) in [6, 6.07) is 0. The smallest absolute Gasteiger partial charge is 0.306 e. The van der Waals surface area contributed by atoms with E-state index in [1.165, 1.54) is 22.3 Å². The number of nitrogens with one attached hydrogen (secondary N) is 4. The summed E-state index contributed by atoms with van der Waals surface area (Å²) in [4.78, 5) is 40.9. The van der Waals surface area contributed by atoms with E-state index >= 15 is 0 Å². The van der Waals surface area contributed by atoms with Crippen LogP contribution in [0.3, 0.4) is 0 Å². The molecule has 0 unspecified atom stereocenters. The molecule has 0 amide bonds. The monoisotopic (exact) mass is 736 g/mol. The maximum absolute atomic E-state index is 12.9. The van der Waals surface area contributed by atoms with Crippen LogP contribution in [0.25, 0.3) is 24.3 Å². The van der Waals surface area contributed by atoms with Gasteiger partial charge in [0.2, 0.25) is 0 Å². The zero-order valence-corrected chi connectivity index (χ0v) is 34.3. The molecule has 0 saturated carbocycles. The van der Waals surface area contributed by atoms with E-state index in [2.05, 4.69) is 99.6 Å². The molecule has 8 heteroatoms. The van der Waals surface area contributed by atoms with Crippen molar-refractivity contribution in [3.8, 4) is 0 Å². The van der Waals surface area contributed by atoms with Crippen molar-refractivity contribution in [3.63, 3.8) is 0 Å².